The van der Waals surface area contributed by atoms with Crippen molar-refractivity contribution in [2.75, 3.05) is 11.9 Å². The number of halogens is 1. The molecule has 0 atom stereocenters. The zero-order valence-electron chi connectivity index (χ0n) is 13.1. The predicted octanol–water partition coefficient (Wildman–Crippen LogP) is 3.87. The monoisotopic (exact) mass is 376 g/mol. The van der Waals surface area contributed by atoms with Crippen LogP contribution in [0, 0.1) is 12.7 Å². The summed E-state index contributed by atoms with van der Waals surface area (Å²) in [6, 6.07) is 7.61. The van der Waals surface area contributed by atoms with Crippen LogP contribution in [0.2, 0.25) is 0 Å². The van der Waals surface area contributed by atoms with Crippen LogP contribution in [0.4, 0.5) is 14.9 Å². The molecule has 1 aliphatic rings. The quantitative estimate of drug-likeness (QED) is 0.823. The Morgan fingerprint density at radius 1 is 1.28 bits per heavy atom. The van der Waals surface area contributed by atoms with Gasteiger partial charge in [0.15, 0.2) is 0 Å². The molecule has 0 aliphatic carbocycles. The molecule has 1 aromatic carbocycles. The van der Waals surface area contributed by atoms with Crippen molar-refractivity contribution in [3.63, 3.8) is 0 Å². The molecular formula is C17H13FN2O3S2. The Morgan fingerprint density at radius 3 is 2.72 bits per heavy atom. The van der Waals surface area contributed by atoms with E-state index in [4.69, 9.17) is 0 Å². The maximum atomic E-state index is 13.6. The largest absolute Gasteiger partial charge is 0.322 e. The number of benzene rings is 1. The fourth-order valence-electron chi connectivity index (χ4n) is 2.18. The number of hydrogen-bond donors (Lipinski definition) is 1. The Bertz CT molecular complexity index is 892. The molecule has 1 aliphatic heterocycles. The van der Waals surface area contributed by atoms with E-state index < -0.39 is 29.4 Å². The zero-order valence-corrected chi connectivity index (χ0v) is 14.7. The highest BCUT2D eigenvalue weighted by atomic mass is 32.2. The van der Waals surface area contributed by atoms with E-state index in [0.717, 1.165) is 27.1 Å². The van der Waals surface area contributed by atoms with Gasteiger partial charge in [0.05, 0.1) is 10.6 Å². The minimum Gasteiger partial charge on any atom is -0.322 e. The third-order valence-corrected chi connectivity index (χ3v) is 5.36. The lowest BCUT2D eigenvalue weighted by molar-refractivity contribution is -0.127. The summed E-state index contributed by atoms with van der Waals surface area (Å²) in [6.45, 7) is 1.45. The molecular weight excluding hydrogens is 363 g/mol. The summed E-state index contributed by atoms with van der Waals surface area (Å²) in [6.07, 6.45) is 1.65. The standard InChI is InChI=1S/C17H13FN2O3S2/c1-10-6-7-24-13(10)8-14-16(22)20(17(23)25-14)9-15(21)19-12-5-3-2-4-11(12)18/h2-8H,9H2,1H3,(H,19,21)/b14-8+. The smallest absolute Gasteiger partial charge is 0.294 e. The summed E-state index contributed by atoms with van der Waals surface area (Å²) in [5, 5.41) is 3.74. The summed E-state index contributed by atoms with van der Waals surface area (Å²) in [5.74, 6) is -1.74. The van der Waals surface area contributed by atoms with E-state index in [1.165, 1.54) is 29.5 Å². The van der Waals surface area contributed by atoms with Crippen LogP contribution in [0.1, 0.15) is 10.4 Å². The highest BCUT2D eigenvalue weighted by molar-refractivity contribution is 8.18. The average molecular weight is 376 g/mol. The predicted molar refractivity (Wildman–Crippen MR) is 96.8 cm³/mol. The van der Waals surface area contributed by atoms with Gasteiger partial charge >= 0.3 is 0 Å². The minimum absolute atomic E-state index is 0.00391. The van der Waals surface area contributed by atoms with Crippen LogP contribution in [0.3, 0.4) is 0 Å². The number of nitrogens with one attached hydrogen (secondary N) is 1. The third-order valence-electron chi connectivity index (χ3n) is 3.49. The number of hydrogen-bond acceptors (Lipinski definition) is 5. The Hall–Kier alpha value is -2.45. The van der Waals surface area contributed by atoms with Crippen LogP contribution in [-0.4, -0.2) is 28.5 Å². The lowest BCUT2D eigenvalue weighted by Crippen LogP contribution is -2.36. The number of thiophene rings is 1. The summed E-state index contributed by atoms with van der Waals surface area (Å²) in [5.41, 5.74) is 1.01. The topological polar surface area (TPSA) is 66.5 Å². The lowest BCUT2D eigenvalue weighted by atomic mass is 10.2. The molecule has 0 saturated carbocycles. The second-order valence-corrected chi connectivity index (χ2v) is 7.20. The van der Waals surface area contributed by atoms with Crippen molar-refractivity contribution in [1.82, 2.24) is 4.90 Å². The van der Waals surface area contributed by atoms with E-state index in [1.54, 1.807) is 12.1 Å². The van der Waals surface area contributed by atoms with Gasteiger partial charge in [0.2, 0.25) is 5.91 Å². The highest BCUT2D eigenvalue weighted by Gasteiger charge is 2.36. The van der Waals surface area contributed by atoms with E-state index in [1.807, 2.05) is 18.4 Å². The Balaban J connectivity index is 1.71. The molecule has 1 fully saturated rings. The minimum atomic E-state index is -0.638. The van der Waals surface area contributed by atoms with Crippen molar-refractivity contribution in [2.24, 2.45) is 0 Å². The maximum absolute atomic E-state index is 13.6. The summed E-state index contributed by atoms with van der Waals surface area (Å²) >= 11 is 2.26. The first-order valence-electron chi connectivity index (χ1n) is 7.29. The SMILES string of the molecule is Cc1ccsc1/C=C1/SC(=O)N(CC(=O)Nc2ccccc2F)C1=O. The van der Waals surface area contributed by atoms with E-state index in [0.29, 0.717) is 0 Å². The molecule has 3 rings (SSSR count). The number of rotatable bonds is 4. The van der Waals surface area contributed by atoms with Crippen LogP contribution in [0.25, 0.3) is 6.08 Å². The fourth-order valence-corrected chi connectivity index (χ4v) is 3.94. The van der Waals surface area contributed by atoms with Gasteiger partial charge in [-0.25, -0.2) is 4.39 Å². The molecule has 1 N–H and O–H groups in total. The van der Waals surface area contributed by atoms with Crippen molar-refractivity contribution in [1.29, 1.82) is 0 Å². The summed E-state index contributed by atoms with van der Waals surface area (Å²) in [4.78, 5) is 38.5. The number of imide groups is 1. The van der Waals surface area contributed by atoms with Crippen LogP contribution in [0.15, 0.2) is 40.6 Å². The molecule has 5 nitrogen and oxygen atoms in total. The molecule has 2 heterocycles. The third kappa shape index (κ3) is 3.80. The number of anilines is 1. The van der Waals surface area contributed by atoms with Crippen molar-refractivity contribution < 1.29 is 18.8 Å². The normalized spacial score (nSPS) is 15.9. The molecule has 1 saturated heterocycles. The molecule has 0 bridgehead atoms. The number of carbonyl (C=O) groups is 3. The van der Waals surface area contributed by atoms with Gasteiger partial charge in [-0.2, -0.15) is 0 Å². The van der Waals surface area contributed by atoms with E-state index >= 15 is 0 Å². The molecule has 0 spiro atoms. The van der Waals surface area contributed by atoms with Gasteiger partial charge in [-0.15, -0.1) is 11.3 Å². The zero-order chi connectivity index (χ0) is 18.0. The molecule has 0 unspecified atom stereocenters. The maximum Gasteiger partial charge on any atom is 0.294 e. The van der Waals surface area contributed by atoms with Gasteiger partial charge in [0.1, 0.15) is 12.4 Å². The molecule has 128 valence electrons. The number of carbonyl (C=O) groups excluding carboxylic acids is 3. The van der Waals surface area contributed by atoms with Crippen molar-refractivity contribution >= 4 is 51.9 Å². The number of aryl methyl sites for hydroxylation is 1. The molecule has 8 heteroatoms. The van der Waals surface area contributed by atoms with E-state index in [2.05, 4.69) is 5.32 Å². The average Bonchev–Trinajstić information content (AvgIpc) is 3.08. The van der Waals surface area contributed by atoms with Gasteiger partial charge < -0.3 is 5.32 Å². The Kier molecular flexibility index (Phi) is 5.00. The molecule has 1 aromatic heterocycles. The van der Waals surface area contributed by atoms with Crippen LogP contribution in [0.5, 0.6) is 0 Å². The van der Waals surface area contributed by atoms with Gasteiger partial charge in [0.25, 0.3) is 11.1 Å². The second-order valence-electron chi connectivity index (χ2n) is 5.26. The van der Waals surface area contributed by atoms with Gasteiger partial charge in [-0.3, -0.25) is 19.3 Å². The molecule has 3 amide bonds. The number of amides is 3. The number of thioether (sulfide) groups is 1. The first-order valence-corrected chi connectivity index (χ1v) is 8.99. The first-order chi connectivity index (χ1) is 12.0. The van der Waals surface area contributed by atoms with Crippen LogP contribution >= 0.6 is 23.1 Å². The molecule has 25 heavy (non-hydrogen) atoms. The summed E-state index contributed by atoms with van der Waals surface area (Å²) in [7, 11) is 0. The van der Waals surface area contributed by atoms with Crippen molar-refractivity contribution in [3.05, 3.63) is 56.9 Å². The van der Waals surface area contributed by atoms with E-state index in [-0.39, 0.29) is 10.6 Å². The fraction of sp³-hybridized carbons (Fsp3) is 0.118. The Morgan fingerprint density at radius 2 is 2.04 bits per heavy atom. The van der Waals surface area contributed by atoms with Crippen molar-refractivity contribution in [3.8, 4) is 0 Å². The molecule has 0 radical (unpaired) electrons. The number of para-hydroxylation sites is 1. The van der Waals surface area contributed by atoms with Gasteiger partial charge in [0, 0.05) is 4.88 Å². The Labute approximate surface area is 151 Å². The molecule has 2 aromatic rings. The second kappa shape index (κ2) is 7.20. The van der Waals surface area contributed by atoms with E-state index in [9.17, 15) is 18.8 Å². The van der Waals surface area contributed by atoms with Crippen molar-refractivity contribution in [2.45, 2.75) is 6.92 Å². The first kappa shape index (κ1) is 17.4. The van der Waals surface area contributed by atoms with Gasteiger partial charge in [-0.05, 0) is 53.9 Å². The lowest BCUT2D eigenvalue weighted by Gasteiger charge is -2.12. The summed E-state index contributed by atoms with van der Waals surface area (Å²) < 4.78 is 13.6. The van der Waals surface area contributed by atoms with Crippen LogP contribution < -0.4 is 5.32 Å². The number of nitrogens with zero attached hydrogens (tertiary/aromatic N) is 1. The van der Waals surface area contributed by atoms with Crippen LogP contribution in [-0.2, 0) is 9.59 Å². The van der Waals surface area contributed by atoms with Gasteiger partial charge in [-0.1, -0.05) is 12.1 Å². The highest BCUT2D eigenvalue weighted by Crippen LogP contribution is 2.33.